The molecule has 98 valence electrons. The van der Waals surface area contributed by atoms with Gasteiger partial charge in [0.2, 0.25) is 5.91 Å². The first kappa shape index (κ1) is 13.1. The Bertz CT molecular complexity index is 424. The van der Waals surface area contributed by atoms with E-state index in [-0.39, 0.29) is 5.91 Å². The zero-order valence-electron chi connectivity index (χ0n) is 10.9. The molecule has 2 N–H and O–H groups in total. The van der Waals surface area contributed by atoms with Crippen molar-refractivity contribution in [2.45, 2.75) is 44.6 Å². The largest absolute Gasteiger partial charge is 0.388 e. The topological polar surface area (TPSA) is 49.3 Å². The third kappa shape index (κ3) is 3.33. The van der Waals surface area contributed by atoms with Crippen molar-refractivity contribution in [3.63, 3.8) is 0 Å². The standard InChI is InChI=1S/C15H21NO2/c1-12-5-2-3-6-13(12)7-8-14(17)16-11-15(18)9-4-10-15/h2-3,5-6,18H,4,7-11H2,1H3,(H,16,17). The Balaban J connectivity index is 1.73. The predicted molar refractivity (Wildman–Crippen MR) is 71.3 cm³/mol. The molecule has 1 saturated carbocycles. The molecule has 1 aromatic rings. The Morgan fingerprint density at radius 3 is 2.72 bits per heavy atom. The minimum absolute atomic E-state index is 0.0265. The van der Waals surface area contributed by atoms with Gasteiger partial charge >= 0.3 is 0 Å². The quantitative estimate of drug-likeness (QED) is 0.835. The molecule has 3 nitrogen and oxygen atoms in total. The van der Waals surface area contributed by atoms with Crippen LogP contribution < -0.4 is 5.32 Å². The van der Waals surface area contributed by atoms with Crippen LogP contribution in [0.5, 0.6) is 0 Å². The van der Waals surface area contributed by atoms with Gasteiger partial charge in [0.05, 0.1) is 5.60 Å². The van der Waals surface area contributed by atoms with E-state index in [0.29, 0.717) is 13.0 Å². The highest BCUT2D eigenvalue weighted by atomic mass is 16.3. The number of hydrogen-bond donors (Lipinski definition) is 2. The van der Waals surface area contributed by atoms with Gasteiger partial charge in [0.25, 0.3) is 0 Å². The number of nitrogens with one attached hydrogen (secondary N) is 1. The highest BCUT2D eigenvalue weighted by Crippen LogP contribution is 2.30. The molecule has 1 fully saturated rings. The maximum Gasteiger partial charge on any atom is 0.220 e. The lowest BCUT2D eigenvalue weighted by molar-refractivity contribution is -0.123. The van der Waals surface area contributed by atoms with Gasteiger partial charge in [-0.25, -0.2) is 0 Å². The van der Waals surface area contributed by atoms with Crippen molar-refractivity contribution in [2.75, 3.05) is 6.54 Å². The molecule has 0 atom stereocenters. The highest BCUT2D eigenvalue weighted by molar-refractivity contribution is 5.76. The van der Waals surface area contributed by atoms with Crippen LogP contribution >= 0.6 is 0 Å². The summed E-state index contributed by atoms with van der Waals surface area (Å²) in [4.78, 5) is 11.7. The second-order valence-electron chi connectivity index (χ2n) is 5.28. The maximum absolute atomic E-state index is 11.7. The third-order valence-corrected chi connectivity index (χ3v) is 3.78. The van der Waals surface area contributed by atoms with Gasteiger partial charge in [-0.2, -0.15) is 0 Å². The fraction of sp³-hybridized carbons (Fsp3) is 0.533. The Labute approximate surface area is 108 Å². The van der Waals surface area contributed by atoms with E-state index in [1.165, 1.54) is 11.1 Å². The third-order valence-electron chi connectivity index (χ3n) is 3.78. The normalized spacial score (nSPS) is 17.0. The SMILES string of the molecule is Cc1ccccc1CCC(=O)NCC1(O)CCC1. The number of benzene rings is 1. The van der Waals surface area contributed by atoms with Crippen molar-refractivity contribution in [2.24, 2.45) is 0 Å². The molecule has 0 radical (unpaired) electrons. The zero-order chi connectivity index (χ0) is 13.0. The van der Waals surface area contributed by atoms with Crippen molar-refractivity contribution in [1.29, 1.82) is 0 Å². The van der Waals surface area contributed by atoms with E-state index < -0.39 is 5.60 Å². The molecule has 3 heteroatoms. The number of aryl methyl sites for hydroxylation is 2. The van der Waals surface area contributed by atoms with Gasteiger partial charge in [-0.15, -0.1) is 0 Å². The van der Waals surface area contributed by atoms with Crippen LogP contribution in [0.15, 0.2) is 24.3 Å². The number of aliphatic hydroxyl groups is 1. The molecule has 0 aromatic heterocycles. The van der Waals surface area contributed by atoms with Gasteiger partial charge in [0.15, 0.2) is 0 Å². The predicted octanol–water partition coefficient (Wildman–Crippen LogP) is 1.96. The molecule has 0 bridgehead atoms. The van der Waals surface area contributed by atoms with Crippen LogP contribution in [0.4, 0.5) is 0 Å². The van der Waals surface area contributed by atoms with Gasteiger partial charge in [-0.3, -0.25) is 4.79 Å². The number of rotatable bonds is 5. The summed E-state index contributed by atoms with van der Waals surface area (Å²) in [5, 5.41) is 12.7. The molecule has 0 aliphatic heterocycles. The van der Waals surface area contributed by atoms with Gasteiger partial charge in [0, 0.05) is 13.0 Å². The van der Waals surface area contributed by atoms with Crippen LogP contribution in [0.2, 0.25) is 0 Å². The molecule has 1 aliphatic rings. The molecule has 0 saturated heterocycles. The lowest BCUT2D eigenvalue weighted by Gasteiger charge is -2.36. The average Bonchev–Trinajstić information content (AvgIpc) is 2.33. The Morgan fingerprint density at radius 2 is 2.11 bits per heavy atom. The second-order valence-corrected chi connectivity index (χ2v) is 5.28. The van der Waals surface area contributed by atoms with Crippen molar-refractivity contribution >= 4 is 5.91 Å². The van der Waals surface area contributed by atoms with Crippen molar-refractivity contribution in [3.05, 3.63) is 35.4 Å². The first-order chi connectivity index (χ1) is 8.59. The second kappa shape index (κ2) is 5.53. The van der Waals surface area contributed by atoms with Crippen LogP contribution in [0.1, 0.15) is 36.8 Å². The van der Waals surface area contributed by atoms with E-state index in [0.717, 1.165) is 25.7 Å². The molecule has 0 spiro atoms. The summed E-state index contributed by atoms with van der Waals surface area (Å²) in [6.07, 6.45) is 3.93. The summed E-state index contributed by atoms with van der Waals surface area (Å²) in [6, 6.07) is 8.12. The fourth-order valence-electron chi connectivity index (χ4n) is 2.25. The molecule has 1 aliphatic carbocycles. The fourth-order valence-corrected chi connectivity index (χ4v) is 2.25. The van der Waals surface area contributed by atoms with Crippen molar-refractivity contribution in [3.8, 4) is 0 Å². The van der Waals surface area contributed by atoms with Crippen LogP contribution in [0.3, 0.4) is 0 Å². The molecule has 18 heavy (non-hydrogen) atoms. The molecule has 1 aromatic carbocycles. The van der Waals surface area contributed by atoms with E-state index in [1.54, 1.807) is 0 Å². The van der Waals surface area contributed by atoms with Crippen LogP contribution in [-0.4, -0.2) is 23.2 Å². The van der Waals surface area contributed by atoms with Gasteiger partial charge in [-0.05, 0) is 43.7 Å². The lowest BCUT2D eigenvalue weighted by atomic mass is 9.80. The van der Waals surface area contributed by atoms with E-state index in [9.17, 15) is 9.90 Å². The minimum Gasteiger partial charge on any atom is -0.388 e. The number of carbonyl (C=O) groups is 1. The van der Waals surface area contributed by atoms with Gasteiger partial charge in [-0.1, -0.05) is 24.3 Å². The molecular formula is C15H21NO2. The number of amides is 1. The number of hydrogen-bond acceptors (Lipinski definition) is 2. The van der Waals surface area contributed by atoms with Crippen LogP contribution in [0, 0.1) is 6.92 Å². The summed E-state index contributed by atoms with van der Waals surface area (Å²) in [7, 11) is 0. The Hall–Kier alpha value is -1.35. The molecule has 0 heterocycles. The summed E-state index contributed by atoms with van der Waals surface area (Å²) < 4.78 is 0. The molecular weight excluding hydrogens is 226 g/mol. The highest BCUT2D eigenvalue weighted by Gasteiger charge is 2.34. The monoisotopic (exact) mass is 247 g/mol. The average molecular weight is 247 g/mol. The zero-order valence-corrected chi connectivity index (χ0v) is 10.9. The van der Waals surface area contributed by atoms with Crippen LogP contribution in [-0.2, 0) is 11.2 Å². The molecule has 2 rings (SSSR count). The summed E-state index contributed by atoms with van der Waals surface area (Å²) in [5.74, 6) is 0.0265. The van der Waals surface area contributed by atoms with Gasteiger partial charge < -0.3 is 10.4 Å². The Kier molecular flexibility index (Phi) is 4.02. The van der Waals surface area contributed by atoms with E-state index in [2.05, 4.69) is 24.4 Å². The summed E-state index contributed by atoms with van der Waals surface area (Å²) in [6.45, 7) is 2.46. The molecule has 0 unspecified atom stereocenters. The maximum atomic E-state index is 11.7. The number of carbonyl (C=O) groups excluding carboxylic acids is 1. The Morgan fingerprint density at radius 1 is 1.39 bits per heavy atom. The lowest BCUT2D eigenvalue weighted by Crippen LogP contribution is -2.47. The van der Waals surface area contributed by atoms with Crippen molar-refractivity contribution < 1.29 is 9.90 Å². The van der Waals surface area contributed by atoms with E-state index >= 15 is 0 Å². The minimum atomic E-state index is -0.627. The van der Waals surface area contributed by atoms with Crippen LogP contribution in [0.25, 0.3) is 0 Å². The van der Waals surface area contributed by atoms with E-state index in [4.69, 9.17) is 0 Å². The summed E-state index contributed by atoms with van der Waals surface area (Å²) >= 11 is 0. The summed E-state index contributed by atoms with van der Waals surface area (Å²) in [5.41, 5.74) is 1.82. The van der Waals surface area contributed by atoms with Crippen molar-refractivity contribution in [1.82, 2.24) is 5.32 Å². The molecule has 1 amide bonds. The first-order valence-electron chi connectivity index (χ1n) is 6.63. The first-order valence-corrected chi connectivity index (χ1v) is 6.63. The smallest absolute Gasteiger partial charge is 0.220 e. The van der Waals surface area contributed by atoms with E-state index in [1.807, 2.05) is 12.1 Å². The van der Waals surface area contributed by atoms with Gasteiger partial charge in [0.1, 0.15) is 0 Å².